The Labute approximate surface area is 162 Å². The Morgan fingerprint density at radius 1 is 1.04 bits per heavy atom. The van der Waals surface area contributed by atoms with Crippen LogP contribution in [0.4, 0.5) is 0 Å². The normalized spacial score (nSPS) is 11.1. The van der Waals surface area contributed by atoms with Gasteiger partial charge in [0, 0.05) is 24.2 Å². The summed E-state index contributed by atoms with van der Waals surface area (Å²) in [6, 6.07) is 14.2. The van der Waals surface area contributed by atoms with E-state index in [0.29, 0.717) is 18.0 Å². The van der Waals surface area contributed by atoms with Gasteiger partial charge >= 0.3 is 0 Å². The van der Waals surface area contributed by atoms with Crippen LogP contribution in [-0.4, -0.2) is 25.2 Å². The van der Waals surface area contributed by atoms with Gasteiger partial charge < -0.3 is 20.1 Å². The van der Waals surface area contributed by atoms with Crippen molar-refractivity contribution in [3.05, 3.63) is 59.2 Å². The van der Waals surface area contributed by atoms with E-state index in [4.69, 9.17) is 9.47 Å². The molecule has 2 aromatic carbocycles. The number of rotatable bonds is 8. The number of ether oxygens (including phenoxy) is 2. The van der Waals surface area contributed by atoms with Gasteiger partial charge in [0.1, 0.15) is 0 Å². The number of hydrogen-bond donors (Lipinski definition) is 2. The van der Waals surface area contributed by atoms with E-state index < -0.39 is 0 Å². The summed E-state index contributed by atoms with van der Waals surface area (Å²) in [7, 11) is 1.60. The Hall–Kier alpha value is -2.53. The Kier molecular flexibility index (Phi) is 7.25. The standard InChI is InChI=1S/C22H30N2O3/c1-16-9-11-17(12-10-16)13-23-14-18-7-6-8-19(26-5)21(18)27-15-20(25)24-22(2,3)4/h6-12,23H,13-15H2,1-5H3,(H,24,25). The first kappa shape index (κ1) is 20.8. The van der Waals surface area contributed by atoms with Crippen molar-refractivity contribution >= 4 is 5.91 Å². The molecule has 0 fully saturated rings. The first-order chi connectivity index (χ1) is 12.8. The van der Waals surface area contributed by atoms with Crippen molar-refractivity contribution in [3.8, 4) is 11.5 Å². The van der Waals surface area contributed by atoms with Gasteiger partial charge in [-0.1, -0.05) is 42.0 Å². The van der Waals surface area contributed by atoms with Crippen molar-refractivity contribution < 1.29 is 14.3 Å². The van der Waals surface area contributed by atoms with E-state index in [1.165, 1.54) is 11.1 Å². The predicted octanol–water partition coefficient (Wildman–Crippen LogP) is 3.59. The lowest BCUT2D eigenvalue weighted by Crippen LogP contribution is -2.43. The Morgan fingerprint density at radius 3 is 2.37 bits per heavy atom. The summed E-state index contributed by atoms with van der Waals surface area (Å²) in [6.45, 7) is 9.20. The molecule has 0 aromatic heterocycles. The maximum Gasteiger partial charge on any atom is 0.258 e. The van der Waals surface area contributed by atoms with Crippen molar-refractivity contribution in [2.45, 2.75) is 46.3 Å². The van der Waals surface area contributed by atoms with Gasteiger partial charge in [-0.3, -0.25) is 4.79 Å². The molecule has 0 saturated heterocycles. The molecule has 2 aromatic rings. The number of carbonyl (C=O) groups excluding carboxylic acids is 1. The molecule has 27 heavy (non-hydrogen) atoms. The maximum absolute atomic E-state index is 12.1. The van der Waals surface area contributed by atoms with E-state index in [2.05, 4.69) is 41.8 Å². The molecule has 0 aliphatic heterocycles. The van der Waals surface area contributed by atoms with E-state index >= 15 is 0 Å². The van der Waals surface area contributed by atoms with Crippen LogP contribution in [-0.2, 0) is 17.9 Å². The lowest BCUT2D eigenvalue weighted by Gasteiger charge is -2.21. The van der Waals surface area contributed by atoms with Crippen LogP contribution < -0.4 is 20.1 Å². The molecule has 2 N–H and O–H groups in total. The smallest absolute Gasteiger partial charge is 0.258 e. The van der Waals surface area contributed by atoms with E-state index in [1.807, 2.05) is 39.0 Å². The highest BCUT2D eigenvalue weighted by Gasteiger charge is 2.16. The number of methoxy groups -OCH3 is 1. The molecule has 146 valence electrons. The lowest BCUT2D eigenvalue weighted by atomic mass is 10.1. The fourth-order valence-corrected chi connectivity index (χ4v) is 2.66. The van der Waals surface area contributed by atoms with Gasteiger partial charge in [0.2, 0.25) is 0 Å². The molecule has 0 bridgehead atoms. The molecular weight excluding hydrogens is 340 g/mol. The van der Waals surface area contributed by atoms with Crippen LogP contribution in [0.3, 0.4) is 0 Å². The largest absolute Gasteiger partial charge is 0.493 e. The van der Waals surface area contributed by atoms with Crippen LogP contribution in [0.15, 0.2) is 42.5 Å². The Bertz CT molecular complexity index is 749. The molecule has 0 saturated carbocycles. The summed E-state index contributed by atoms with van der Waals surface area (Å²) < 4.78 is 11.2. The highest BCUT2D eigenvalue weighted by Crippen LogP contribution is 2.31. The molecule has 2 rings (SSSR count). The number of carbonyl (C=O) groups is 1. The fourth-order valence-electron chi connectivity index (χ4n) is 2.66. The van der Waals surface area contributed by atoms with Gasteiger partial charge in [-0.25, -0.2) is 0 Å². The van der Waals surface area contributed by atoms with Crippen LogP contribution >= 0.6 is 0 Å². The fraction of sp³-hybridized carbons (Fsp3) is 0.409. The molecule has 0 unspecified atom stereocenters. The molecule has 0 heterocycles. The molecule has 1 amide bonds. The van der Waals surface area contributed by atoms with Gasteiger partial charge in [0.05, 0.1) is 7.11 Å². The minimum atomic E-state index is -0.292. The second-order valence-corrected chi connectivity index (χ2v) is 7.62. The zero-order chi connectivity index (χ0) is 19.9. The third kappa shape index (κ3) is 6.94. The second kappa shape index (κ2) is 9.42. The lowest BCUT2D eigenvalue weighted by molar-refractivity contribution is -0.124. The molecule has 0 radical (unpaired) electrons. The predicted molar refractivity (Wildman–Crippen MR) is 108 cm³/mol. The second-order valence-electron chi connectivity index (χ2n) is 7.62. The maximum atomic E-state index is 12.1. The summed E-state index contributed by atoms with van der Waals surface area (Å²) in [6.07, 6.45) is 0. The zero-order valence-electron chi connectivity index (χ0n) is 16.9. The summed E-state index contributed by atoms with van der Waals surface area (Å²) in [4.78, 5) is 12.1. The third-order valence-corrected chi connectivity index (χ3v) is 3.91. The molecular formula is C22H30N2O3. The minimum Gasteiger partial charge on any atom is -0.493 e. The van der Waals surface area contributed by atoms with Crippen LogP contribution in [0.1, 0.15) is 37.5 Å². The summed E-state index contributed by atoms with van der Waals surface area (Å²) >= 11 is 0. The monoisotopic (exact) mass is 370 g/mol. The molecule has 0 aliphatic carbocycles. The van der Waals surface area contributed by atoms with Gasteiger partial charge in [-0.15, -0.1) is 0 Å². The summed E-state index contributed by atoms with van der Waals surface area (Å²) in [5.74, 6) is 1.06. The summed E-state index contributed by atoms with van der Waals surface area (Å²) in [5.41, 5.74) is 3.12. The third-order valence-electron chi connectivity index (χ3n) is 3.91. The van der Waals surface area contributed by atoms with Crippen molar-refractivity contribution in [2.75, 3.05) is 13.7 Å². The van der Waals surface area contributed by atoms with Crippen LogP contribution in [0, 0.1) is 6.92 Å². The van der Waals surface area contributed by atoms with Crippen LogP contribution in [0.2, 0.25) is 0 Å². The molecule has 5 nitrogen and oxygen atoms in total. The zero-order valence-corrected chi connectivity index (χ0v) is 16.9. The first-order valence-corrected chi connectivity index (χ1v) is 9.14. The number of aryl methyl sites for hydroxylation is 1. The Balaban J connectivity index is 2.01. The first-order valence-electron chi connectivity index (χ1n) is 9.14. The van der Waals surface area contributed by atoms with Crippen molar-refractivity contribution in [2.24, 2.45) is 0 Å². The van der Waals surface area contributed by atoms with Crippen LogP contribution in [0.5, 0.6) is 11.5 Å². The number of benzene rings is 2. The Morgan fingerprint density at radius 2 is 1.74 bits per heavy atom. The van der Waals surface area contributed by atoms with Gasteiger partial charge in [0.25, 0.3) is 5.91 Å². The number of nitrogens with one attached hydrogen (secondary N) is 2. The van der Waals surface area contributed by atoms with Crippen LogP contribution in [0.25, 0.3) is 0 Å². The van der Waals surface area contributed by atoms with Crippen molar-refractivity contribution in [1.29, 1.82) is 0 Å². The SMILES string of the molecule is COc1cccc(CNCc2ccc(C)cc2)c1OCC(=O)NC(C)(C)C. The molecule has 0 spiro atoms. The number of para-hydroxylation sites is 1. The highest BCUT2D eigenvalue weighted by molar-refractivity contribution is 5.78. The highest BCUT2D eigenvalue weighted by atomic mass is 16.5. The average Bonchev–Trinajstić information content (AvgIpc) is 2.60. The summed E-state index contributed by atoms with van der Waals surface area (Å²) in [5, 5.41) is 6.31. The van der Waals surface area contributed by atoms with Crippen molar-refractivity contribution in [1.82, 2.24) is 10.6 Å². The average molecular weight is 370 g/mol. The van der Waals surface area contributed by atoms with Gasteiger partial charge in [0.15, 0.2) is 18.1 Å². The molecule has 5 heteroatoms. The van der Waals surface area contributed by atoms with E-state index in [-0.39, 0.29) is 18.1 Å². The molecule has 0 aliphatic rings. The number of hydrogen-bond acceptors (Lipinski definition) is 4. The van der Waals surface area contributed by atoms with Crippen molar-refractivity contribution in [3.63, 3.8) is 0 Å². The number of amides is 1. The minimum absolute atomic E-state index is 0.0530. The van der Waals surface area contributed by atoms with E-state index in [0.717, 1.165) is 12.1 Å². The molecule has 0 atom stereocenters. The van der Waals surface area contributed by atoms with E-state index in [1.54, 1.807) is 7.11 Å². The van der Waals surface area contributed by atoms with Gasteiger partial charge in [-0.2, -0.15) is 0 Å². The topological polar surface area (TPSA) is 59.6 Å². The van der Waals surface area contributed by atoms with Gasteiger partial charge in [-0.05, 0) is 39.3 Å². The quantitative estimate of drug-likeness (QED) is 0.746. The van der Waals surface area contributed by atoms with E-state index in [9.17, 15) is 4.79 Å².